The van der Waals surface area contributed by atoms with E-state index in [1.165, 1.54) is 34.6 Å². The van der Waals surface area contributed by atoms with Crippen molar-refractivity contribution in [2.45, 2.75) is 34.4 Å². The quantitative estimate of drug-likeness (QED) is 0.114. The van der Waals surface area contributed by atoms with Gasteiger partial charge in [-0.1, -0.05) is 30.0 Å². The van der Waals surface area contributed by atoms with Gasteiger partial charge in [0.15, 0.2) is 0 Å². The van der Waals surface area contributed by atoms with Crippen LogP contribution in [-0.4, -0.2) is 96.5 Å². The maximum absolute atomic E-state index is 12.9. The molecule has 4 amide bonds. The van der Waals surface area contributed by atoms with E-state index in [2.05, 4.69) is 26.2 Å². The van der Waals surface area contributed by atoms with Crippen LogP contribution in [0.4, 0.5) is 4.79 Å². The SMILES string of the molecule is NC(=O)NCCn1nnnc1SCC1=C(C(=O)O)N2C(=O)C(NC(=O)Cc3ccccc3S(=O)(=O)O)[C@H]2SC1. The van der Waals surface area contributed by atoms with Gasteiger partial charge in [0.25, 0.3) is 16.0 Å². The summed E-state index contributed by atoms with van der Waals surface area (Å²) in [6, 6.07) is 3.73. The Balaban J connectivity index is 1.41. The molecular formula is C20H22N8O8S3. The predicted octanol–water partition coefficient (Wildman–Crippen LogP) is -1.34. The second kappa shape index (κ2) is 11.6. The van der Waals surface area contributed by atoms with Crippen molar-refractivity contribution in [2.75, 3.05) is 18.1 Å². The molecule has 0 radical (unpaired) electrons. The molecule has 1 saturated heterocycles. The minimum atomic E-state index is -4.55. The van der Waals surface area contributed by atoms with Crippen molar-refractivity contribution in [3.63, 3.8) is 0 Å². The molecule has 16 nitrogen and oxygen atoms in total. The molecule has 2 aromatic rings. The number of carboxylic acids is 1. The summed E-state index contributed by atoms with van der Waals surface area (Å²) in [7, 11) is -4.55. The molecule has 0 spiro atoms. The first-order chi connectivity index (χ1) is 18.5. The molecule has 208 valence electrons. The number of nitrogens with zero attached hydrogens (tertiary/aromatic N) is 5. The Morgan fingerprint density at radius 1 is 1.26 bits per heavy atom. The van der Waals surface area contributed by atoms with Crippen molar-refractivity contribution < 1.29 is 37.3 Å². The summed E-state index contributed by atoms with van der Waals surface area (Å²) in [4.78, 5) is 49.2. The number of amides is 4. The van der Waals surface area contributed by atoms with Crippen molar-refractivity contribution >= 4 is 57.5 Å². The lowest BCUT2D eigenvalue weighted by Gasteiger charge is -2.49. The van der Waals surface area contributed by atoms with Gasteiger partial charge in [0.2, 0.25) is 11.1 Å². The molecule has 1 fully saturated rings. The van der Waals surface area contributed by atoms with Gasteiger partial charge in [0.05, 0.1) is 17.9 Å². The maximum atomic E-state index is 12.9. The number of nitrogens with two attached hydrogens (primary N) is 1. The van der Waals surface area contributed by atoms with Gasteiger partial charge in [-0.2, -0.15) is 8.42 Å². The molecule has 2 aliphatic rings. The van der Waals surface area contributed by atoms with E-state index in [-0.39, 0.29) is 35.9 Å². The van der Waals surface area contributed by atoms with Gasteiger partial charge in [-0.25, -0.2) is 14.3 Å². The molecule has 0 saturated carbocycles. The van der Waals surface area contributed by atoms with Gasteiger partial charge in [-0.05, 0) is 27.6 Å². The summed E-state index contributed by atoms with van der Waals surface area (Å²) in [5.74, 6) is -2.17. The summed E-state index contributed by atoms with van der Waals surface area (Å²) in [5, 5.41) is 25.8. The topological polar surface area (TPSA) is 240 Å². The summed E-state index contributed by atoms with van der Waals surface area (Å²) >= 11 is 2.42. The van der Waals surface area contributed by atoms with Crippen LogP contribution >= 0.6 is 23.5 Å². The molecule has 3 heterocycles. The summed E-state index contributed by atoms with van der Waals surface area (Å²) in [5.41, 5.74) is 5.36. The van der Waals surface area contributed by atoms with E-state index in [0.29, 0.717) is 10.7 Å². The Morgan fingerprint density at radius 2 is 2.00 bits per heavy atom. The van der Waals surface area contributed by atoms with E-state index in [4.69, 9.17) is 5.73 Å². The Kier molecular flexibility index (Phi) is 8.42. The number of aliphatic carboxylic acids is 1. The molecule has 4 rings (SSSR count). The van der Waals surface area contributed by atoms with Crippen LogP contribution in [0.2, 0.25) is 0 Å². The number of hydrogen-bond acceptors (Lipinski definition) is 11. The van der Waals surface area contributed by atoms with Crippen molar-refractivity contribution in [1.29, 1.82) is 0 Å². The molecule has 1 unspecified atom stereocenters. The van der Waals surface area contributed by atoms with Crippen LogP contribution in [0.1, 0.15) is 5.56 Å². The third kappa shape index (κ3) is 6.32. The number of carbonyl (C=O) groups is 4. The second-order valence-electron chi connectivity index (χ2n) is 8.24. The first kappa shape index (κ1) is 28.3. The number of nitrogens with one attached hydrogen (secondary N) is 2. The van der Waals surface area contributed by atoms with E-state index in [0.717, 1.165) is 22.7 Å². The zero-order valence-electron chi connectivity index (χ0n) is 19.9. The Bertz CT molecular complexity index is 1460. The minimum absolute atomic E-state index is 0.0515. The lowest BCUT2D eigenvalue weighted by molar-refractivity contribution is -0.150. The minimum Gasteiger partial charge on any atom is -0.477 e. The van der Waals surface area contributed by atoms with Gasteiger partial charge in [-0.3, -0.25) is 19.0 Å². The van der Waals surface area contributed by atoms with E-state index < -0.39 is 56.7 Å². The average molecular weight is 599 g/mol. The third-order valence-corrected chi connectivity index (χ3v) is 9.00. The molecule has 0 bridgehead atoms. The fraction of sp³-hybridized carbons (Fsp3) is 0.350. The fourth-order valence-electron chi connectivity index (χ4n) is 3.97. The smallest absolute Gasteiger partial charge is 0.352 e. The number of aromatic nitrogens is 4. The lowest BCUT2D eigenvalue weighted by Crippen LogP contribution is -2.70. The van der Waals surface area contributed by atoms with Crippen LogP contribution < -0.4 is 16.4 Å². The average Bonchev–Trinajstić information content (AvgIpc) is 3.32. The van der Waals surface area contributed by atoms with Crippen LogP contribution in [0.3, 0.4) is 0 Å². The third-order valence-electron chi connectivity index (χ3n) is 5.67. The molecule has 2 aliphatic heterocycles. The number of hydrogen-bond donors (Lipinski definition) is 5. The monoisotopic (exact) mass is 598 g/mol. The Hall–Kier alpha value is -3.68. The largest absolute Gasteiger partial charge is 0.477 e. The molecule has 0 aliphatic carbocycles. The van der Waals surface area contributed by atoms with Crippen molar-refractivity contribution in [3.8, 4) is 0 Å². The molecule has 1 aromatic heterocycles. The van der Waals surface area contributed by atoms with Crippen LogP contribution in [0.25, 0.3) is 0 Å². The number of benzene rings is 1. The summed E-state index contributed by atoms with van der Waals surface area (Å²) < 4.78 is 34.0. The molecule has 2 atom stereocenters. The number of urea groups is 1. The highest BCUT2D eigenvalue weighted by Crippen LogP contribution is 2.41. The summed E-state index contributed by atoms with van der Waals surface area (Å²) in [6.07, 6.45) is -0.412. The molecule has 19 heteroatoms. The molecule has 1 aromatic carbocycles. The Labute approximate surface area is 229 Å². The van der Waals surface area contributed by atoms with E-state index in [9.17, 15) is 37.3 Å². The highest BCUT2D eigenvalue weighted by atomic mass is 32.2. The van der Waals surface area contributed by atoms with Gasteiger partial charge in [0, 0.05) is 18.1 Å². The predicted molar refractivity (Wildman–Crippen MR) is 136 cm³/mol. The number of thioether (sulfide) groups is 2. The number of rotatable bonds is 11. The highest BCUT2D eigenvalue weighted by Gasteiger charge is 2.54. The fourth-order valence-corrected chi connectivity index (χ4v) is 7.08. The second-order valence-corrected chi connectivity index (χ2v) is 11.7. The standard InChI is InChI=1S/C20H22N8O8S3/c21-19(33)22-5-6-27-20(24-25-26-27)38-9-11-8-37-17-14(16(30)28(17)15(11)18(31)32)23-13(29)7-10-3-1-2-4-12(10)39(34,35)36/h1-4,14,17H,5-9H2,(H,23,29)(H,31,32)(H3,21,22,33)(H,34,35,36)/t14?,17-/m1/s1. The van der Waals surface area contributed by atoms with Crippen LogP contribution in [-0.2, 0) is 37.5 Å². The number of carboxylic acid groups (broad SMARTS) is 1. The molecule has 6 N–H and O–H groups in total. The van der Waals surface area contributed by atoms with E-state index in [1.807, 2.05) is 0 Å². The van der Waals surface area contributed by atoms with E-state index in [1.54, 1.807) is 0 Å². The zero-order chi connectivity index (χ0) is 28.3. The van der Waals surface area contributed by atoms with Crippen molar-refractivity contribution in [2.24, 2.45) is 5.73 Å². The number of fused-ring (bicyclic) bond motifs is 1. The lowest BCUT2D eigenvalue weighted by atomic mass is 10.0. The first-order valence-corrected chi connectivity index (χ1v) is 14.6. The first-order valence-electron chi connectivity index (χ1n) is 11.1. The zero-order valence-corrected chi connectivity index (χ0v) is 22.3. The van der Waals surface area contributed by atoms with Crippen LogP contribution in [0, 0.1) is 0 Å². The number of carbonyl (C=O) groups excluding carboxylic acids is 3. The summed E-state index contributed by atoms with van der Waals surface area (Å²) in [6.45, 7) is 0.423. The number of primary amides is 1. The molecular weight excluding hydrogens is 576 g/mol. The van der Waals surface area contributed by atoms with Crippen LogP contribution in [0.5, 0.6) is 0 Å². The maximum Gasteiger partial charge on any atom is 0.352 e. The molecule has 39 heavy (non-hydrogen) atoms. The number of β-lactam (4-membered cyclic amide) rings is 1. The Morgan fingerprint density at radius 3 is 2.69 bits per heavy atom. The highest BCUT2D eigenvalue weighted by molar-refractivity contribution is 8.01. The van der Waals surface area contributed by atoms with Gasteiger partial charge >= 0.3 is 12.0 Å². The number of tetrazole rings is 1. The van der Waals surface area contributed by atoms with E-state index >= 15 is 0 Å². The van der Waals surface area contributed by atoms with Crippen molar-refractivity contribution in [3.05, 3.63) is 41.1 Å². The van der Waals surface area contributed by atoms with Crippen LogP contribution in [0.15, 0.2) is 45.6 Å². The van der Waals surface area contributed by atoms with Crippen molar-refractivity contribution in [1.82, 2.24) is 35.7 Å². The van der Waals surface area contributed by atoms with Gasteiger partial charge in [0.1, 0.15) is 17.1 Å². The van der Waals surface area contributed by atoms with Gasteiger partial charge in [-0.15, -0.1) is 16.9 Å². The normalized spacial score (nSPS) is 18.8. The van der Waals surface area contributed by atoms with Gasteiger partial charge < -0.3 is 21.5 Å².